The van der Waals surface area contributed by atoms with Crippen LogP contribution < -0.4 is 4.90 Å². The Morgan fingerprint density at radius 3 is 2.44 bits per heavy atom. The van der Waals surface area contributed by atoms with Gasteiger partial charge >= 0.3 is 0 Å². The lowest BCUT2D eigenvalue weighted by Crippen LogP contribution is -2.48. The minimum absolute atomic E-state index is 0.00496. The van der Waals surface area contributed by atoms with E-state index in [1.165, 1.54) is 21.7 Å². The molecule has 10 heteroatoms. The summed E-state index contributed by atoms with van der Waals surface area (Å²) in [5, 5.41) is 9.94. The van der Waals surface area contributed by atoms with Gasteiger partial charge in [-0.1, -0.05) is 36.8 Å². The fraction of sp³-hybridized carbons (Fsp3) is 0.467. The molecule has 2 heterocycles. The largest absolute Gasteiger partial charge is 0.344 e. The van der Waals surface area contributed by atoms with Crippen LogP contribution in [0.15, 0.2) is 23.1 Å². The molecule has 136 valence electrons. The standard InChI is InChI=1S/C15H18ClFN4O2S2/c1-10(2)14-18-19-15(24-14)20-5-7-21(8-6-20)25(22,23)11-3-4-13(17)12(16)9-11/h3-4,9-10H,5-8H2,1-2H3. The Kier molecular flexibility index (Phi) is 5.29. The number of anilines is 1. The number of nitrogens with zero attached hydrogens (tertiary/aromatic N) is 4. The molecule has 1 saturated heterocycles. The van der Waals surface area contributed by atoms with Gasteiger partial charge in [-0.25, -0.2) is 12.8 Å². The molecule has 1 fully saturated rings. The van der Waals surface area contributed by atoms with Gasteiger partial charge in [0.25, 0.3) is 0 Å². The molecule has 0 saturated carbocycles. The maximum atomic E-state index is 13.3. The smallest absolute Gasteiger partial charge is 0.243 e. The Balaban J connectivity index is 1.71. The first-order chi connectivity index (χ1) is 11.8. The predicted molar refractivity (Wildman–Crippen MR) is 96.4 cm³/mol. The predicted octanol–water partition coefficient (Wildman–Crippen LogP) is 2.96. The fourth-order valence-electron chi connectivity index (χ4n) is 2.49. The van der Waals surface area contributed by atoms with Crippen molar-refractivity contribution in [3.05, 3.63) is 34.0 Å². The van der Waals surface area contributed by atoms with Crippen LogP contribution in [0.4, 0.5) is 9.52 Å². The van der Waals surface area contributed by atoms with Gasteiger partial charge in [-0.2, -0.15) is 4.31 Å². The fourth-order valence-corrected chi connectivity index (χ4v) is 5.09. The molecule has 6 nitrogen and oxygen atoms in total. The van der Waals surface area contributed by atoms with E-state index in [0.717, 1.165) is 22.3 Å². The lowest BCUT2D eigenvalue weighted by atomic mass is 10.2. The van der Waals surface area contributed by atoms with Crippen LogP contribution in [0.1, 0.15) is 24.8 Å². The van der Waals surface area contributed by atoms with Crippen molar-refractivity contribution in [2.75, 3.05) is 31.1 Å². The third-order valence-corrected chi connectivity index (χ3v) is 7.43. The van der Waals surface area contributed by atoms with E-state index in [1.807, 2.05) is 4.90 Å². The van der Waals surface area contributed by atoms with E-state index in [-0.39, 0.29) is 9.92 Å². The van der Waals surface area contributed by atoms with Crippen LogP contribution in [0.3, 0.4) is 0 Å². The summed E-state index contributed by atoms with van der Waals surface area (Å²) < 4.78 is 40.0. The van der Waals surface area contributed by atoms with Crippen molar-refractivity contribution in [2.24, 2.45) is 0 Å². The molecular formula is C15H18ClFN4O2S2. The van der Waals surface area contributed by atoms with Crippen LogP contribution >= 0.6 is 22.9 Å². The van der Waals surface area contributed by atoms with Crippen LogP contribution in [0, 0.1) is 5.82 Å². The molecule has 0 radical (unpaired) electrons. The minimum Gasteiger partial charge on any atom is -0.344 e. The third-order valence-electron chi connectivity index (χ3n) is 3.96. The highest BCUT2D eigenvalue weighted by Gasteiger charge is 2.30. The second-order valence-electron chi connectivity index (χ2n) is 6.04. The van der Waals surface area contributed by atoms with E-state index in [4.69, 9.17) is 11.6 Å². The second-order valence-corrected chi connectivity index (χ2v) is 9.38. The van der Waals surface area contributed by atoms with E-state index in [1.54, 1.807) is 0 Å². The maximum Gasteiger partial charge on any atom is 0.243 e. The molecule has 1 aromatic carbocycles. The van der Waals surface area contributed by atoms with Gasteiger partial charge in [-0.3, -0.25) is 0 Å². The maximum absolute atomic E-state index is 13.3. The SMILES string of the molecule is CC(C)c1nnc(N2CCN(S(=O)(=O)c3ccc(F)c(Cl)c3)CC2)s1. The molecule has 0 unspecified atom stereocenters. The first-order valence-electron chi connectivity index (χ1n) is 7.82. The van der Waals surface area contributed by atoms with Crippen molar-refractivity contribution in [3.8, 4) is 0 Å². The molecule has 1 aliphatic rings. The molecule has 25 heavy (non-hydrogen) atoms. The molecule has 0 atom stereocenters. The Hall–Kier alpha value is -1.29. The van der Waals surface area contributed by atoms with Crippen molar-refractivity contribution in [3.63, 3.8) is 0 Å². The van der Waals surface area contributed by atoms with Gasteiger partial charge in [0.05, 0.1) is 9.92 Å². The van der Waals surface area contributed by atoms with Crippen molar-refractivity contribution < 1.29 is 12.8 Å². The van der Waals surface area contributed by atoms with Gasteiger partial charge in [-0.05, 0) is 18.2 Å². The van der Waals surface area contributed by atoms with Gasteiger partial charge in [0.15, 0.2) is 0 Å². The molecule has 2 aromatic rings. The molecule has 1 aliphatic heterocycles. The Morgan fingerprint density at radius 2 is 1.88 bits per heavy atom. The normalized spacial score (nSPS) is 16.6. The van der Waals surface area contributed by atoms with E-state index < -0.39 is 15.8 Å². The number of sulfonamides is 1. The van der Waals surface area contributed by atoms with Crippen LogP contribution in [0.25, 0.3) is 0 Å². The van der Waals surface area contributed by atoms with Crippen LogP contribution in [-0.2, 0) is 10.0 Å². The van der Waals surface area contributed by atoms with E-state index >= 15 is 0 Å². The van der Waals surface area contributed by atoms with E-state index in [9.17, 15) is 12.8 Å². The Bertz CT molecular complexity index is 864. The first kappa shape index (κ1) is 18.5. The molecule has 0 N–H and O–H groups in total. The summed E-state index contributed by atoms with van der Waals surface area (Å²) in [4.78, 5) is 2.04. The lowest BCUT2D eigenvalue weighted by Gasteiger charge is -2.33. The molecular weight excluding hydrogens is 387 g/mol. The summed E-state index contributed by atoms with van der Waals surface area (Å²) in [6.07, 6.45) is 0. The van der Waals surface area contributed by atoms with E-state index in [2.05, 4.69) is 24.0 Å². The lowest BCUT2D eigenvalue weighted by molar-refractivity contribution is 0.384. The third kappa shape index (κ3) is 3.79. The van der Waals surface area contributed by atoms with Gasteiger partial charge in [0.1, 0.15) is 10.8 Å². The topological polar surface area (TPSA) is 66.4 Å². The Labute approximate surface area is 155 Å². The van der Waals surface area contributed by atoms with Gasteiger partial charge in [-0.15, -0.1) is 10.2 Å². The number of benzene rings is 1. The summed E-state index contributed by atoms with van der Waals surface area (Å²) in [6, 6.07) is 3.46. The molecule has 0 aliphatic carbocycles. The second kappa shape index (κ2) is 7.14. The summed E-state index contributed by atoms with van der Waals surface area (Å²) in [5.41, 5.74) is 0. The van der Waals surface area contributed by atoms with Gasteiger partial charge in [0, 0.05) is 32.1 Å². The summed E-state index contributed by atoms with van der Waals surface area (Å²) in [6.45, 7) is 5.83. The van der Waals surface area contributed by atoms with Crippen molar-refractivity contribution in [1.82, 2.24) is 14.5 Å². The van der Waals surface area contributed by atoms with Crippen LogP contribution in [0.2, 0.25) is 5.02 Å². The summed E-state index contributed by atoms with van der Waals surface area (Å²) >= 11 is 7.24. The molecule has 0 bridgehead atoms. The highest BCUT2D eigenvalue weighted by Crippen LogP contribution is 2.28. The quantitative estimate of drug-likeness (QED) is 0.783. The highest BCUT2D eigenvalue weighted by atomic mass is 35.5. The van der Waals surface area contributed by atoms with Gasteiger partial charge in [0.2, 0.25) is 15.2 Å². The van der Waals surface area contributed by atoms with Crippen molar-refractivity contribution in [2.45, 2.75) is 24.7 Å². The van der Waals surface area contributed by atoms with E-state index in [0.29, 0.717) is 32.1 Å². The van der Waals surface area contributed by atoms with Crippen molar-refractivity contribution in [1.29, 1.82) is 0 Å². The molecule has 1 aromatic heterocycles. The number of halogens is 2. The van der Waals surface area contributed by atoms with Crippen LogP contribution in [0.5, 0.6) is 0 Å². The molecule has 3 rings (SSSR count). The number of aromatic nitrogens is 2. The highest BCUT2D eigenvalue weighted by molar-refractivity contribution is 7.89. The monoisotopic (exact) mass is 404 g/mol. The minimum atomic E-state index is -3.69. The zero-order valence-electron chi connectivity index (χ0n) is 13.8. The molecule has 0 spiro atoms. The number of hydrogen-bond acceptors (Lipinski definition) is 6. The first-order valence-corrected chi connectivity index (χ1v) is 10.5. The Morgan fingerprint density at radius 1 is 1.20 bits per heavy atom. The zero-order chi connectivity index (χ0) is 18.2. The average molecular weight is 405 g/mol. The van der Waals surface area contributed by atoms with Gasteiger partial charge < -0.3 is 4.90 Å². The number of rotatable bonds is 4. The summed E-state index contributed by atoms with van der Waals surface area (Å²) in [5.74, 6) is -0.321. The zero-order valence-corrected chi connectivity index (χ0v) is 16.2. The summed E-state index contributed by atoms with van der Waals surface area (Å²) in [7, 11) is -3.69. The van der Waals surface area contributed by atoms with Crippen molar-refractivity contribution >= 4 is 38.1 Å². The average Bonchev–Trinajstić information content (AvgIpc) is 3.08. The number of hydrogen-bond donors (Lipinski definition) is 0. The molecule has 0 amide bonds. The van der Waals surface area contributed by atoms with Crippen LogP contribution in [-0.4, -0.2) is 49.1 Å². The number of piperazine rings is 1.